The number of halogens is 6. The Bertz CT molecular complexity index is 1960. The number of alkyl halides is 3. The Morgan fingerprint density at radius 1 is 1.16 bits per heavy atom. The number of benzene rings is 3. The van der Waals surface area contributed by atoms with E-state index in [9.17, 15) is 22.8 Å². The third-order valence-electron chi connectivity index (χ3n) is 9.84. The number of hydrogen-bond donors (Lipinski definition) is 1. The van der Waals surface area contributed by atoms with Gasteiger partial charge in [-0.25, -0.2) is 14.2 Å². The van der Waals surface area contributed by atoms with E-state index in [1.54, 1.807) is 34.9 Å². The van der Waals surface area contributed by atoms with Gasteiger partial charge in [0.15, 0.2) is 0 Å². The Hall–Kier alpha value is -3.67. The van der Waals surface area contributed by atoms with E-state index < -0.39 is 58.0 Å². The molecule has 0 bridgehead atoms. The summed E-state index contributed by atoms with van der Waals surface area (Å²) < 4.78 is 66.2. The Kier molecular flexibility index (Phi) is 6.18. The van der Waals surface area contributed by atoms with Gasteiger partial charge in [-0.05, 0) is 54.7 Å². The number of carbonyl (C=O) groups is 2. The fraction of sp³-hybridized carbons (Fsp3) is 0.344. The molecule has 1 aromatic heterocycles. The summed E-state index contributed by atoms with van der Waals surface area (Å²) in [6.07, 6.45) is -2.99. The highest BCUT2D eigenvalue weighted by atomic mass is 35.5. The van der Waals surface area contributed by atoms with Crippen molar-refractivity contribution in [2.45, 2.75) is 49.0 Å². The first-order valence-electron chi connectivity index (χ1n) is 14.5. The maximum Gasteiger partial charge on any atom is 0.419 e. The van der Waals surface area contributed by atoms with Crippen LogP contribution in [0.1, 0.15) is 57.6 Å². The number of nitrogens with zero attached hydrogens (tertiary/aromatic N) is 3. The van der Waals surface area contributed by atoms with E-state index in [-0.39, 0.29) is 34.4 Å². The van der Waals surface area contributed by atoms with Crippen LogP contribution in [0.5, 0.6) is 0 Å². The van der Waals surface area contributed by atoms with Gasteiger partial charge in [-0.15, -0.1) is 0 Å². The van der Waals surface area contributed by atoms with Gasteiger partial charge in [-0.3, -0.25) is 9.69 Å². The first kappa shape index (κ1) is 28.8. The zero-order valence-electron chi connectivity index (χ0n) is 23.6. The molecular formula is C32H24Cl2F4N4O3. The van der Waals surface area contributed by atoms with Crippen LogP contribution in [-0.2, 0) is 27.8 Å². The minimum absolute atomic E-state index is 0.136. The van der Waals surface area contributed by atoms with Gasteiger partial charge in [0, 0.05) is 47.2 Å². The third-order valence-corrected chi connectivity index (χ3v) is 10.4. The summed E-state index contributed by atoms with van der Waals surface area (Å²) in [5.41, 5.74) is -2.20. The number of methoxy groups -OCH3 is 1. The highest BCUT2D eigenvalue weighted by Crippen LogP contribution is 2.65. The third kappa shape index (κ3) is 3.90. The summed E-state index contributed by atoms with van der Waals surface area (Å²) in [4.78, 5) is 33.6. The summed E-state index contributed by atoms with van der Waals surface area (Å²) in [6, 6.07) is 11.8. The Labute approximate surface area is 264 Å². The van der Waals surface area contributed by atoms with Crippen molar-refractivity contribution in [2.75, 3.05) is 19.0 Å². The van der Waals surface area contributed by atoms with Crippen LogP contribution in [0.15, 0.2) is 48.5 Å². The lowest BCUT2D eigenvalue weighted by Gasteiger charge is -2.40. The highest BCUT2D eigenvalue weighted by Gasteiger charge is 2.70. The lowest BCUT2D eigenvalue weighted by atomic mass is 9.71. The number of aromatic nitrogens is 2. The second-order valence-corrected chi connectivity index (χ2v) is 13.0. The predicted molar refractivity (Wildman–Crippen MR) is 158 cm³/mol. The highest BCUT2D eigenvalue weighted by molar-refractivity contribution is 6.31. The zero-order valence-corrected chi connectivity index (χ0v) is 25.1. The molecule has 7 nitrogen and oxygen atoms in total. The lowest BCUT2D eigenvalue weighted by molar-refractivity contribution is -0.137. The molecule has 4 aliphatic rings. The molecule has 4 heterocycles. The molecule has 0 radical (unpaired) electrons. The molecule has 1 spiro atoms. The van der Waals surface area contributed by atoms with Gasteiger partial charge in [-0.1, -0.05) is 41.4 Å². The molecule has 1 saturated carbocycles. The number of carbonyl (C=O) groups excluding carboxylic acids is 2. The molecule has 1 N–H and O–H groups in total. The summed E-state index contributed by atoms with van der Waals surface area (Å²) in [7, 11) is 1.01. The maximum absolute atomic E-state index is 16.2. The molecule has 1 amide bonds. The molecule has 2 fully saturated rings. The Morgan fingerprint density at radius 3 is 2.64 bits per heavy atom. The first-order valence-corrected chi connectivity index (χ1v) is 15.2. The molecule has 4 atom stereocenters. The summed E-state index contributed by atoms with van der Waals surface area (Å²) in [5.74, 6) is -3.26. The maximum atomic E-state index is 16.2. The van der Waals surface area contributed by atoms with Crippen LogP contribution in [0.3, 0.4) is 0 Å². The monoisotopic (exact) mass is 658 g/mol. The van der Waals surface area contributed by atoms with Crippen molar-refractivity contribution in [3.8, 4) is 0 Å². The van der Waals surface area contributed by atoms with E-state index >= 15 is 4.39 Å². The molecule has 0 unspecified atom stereocenters. The summed E-state index contributed by atoms with van der Waals surface area (Å²) in [6.45, 7) is 0.729. The zero-order chi connectivity index (χ0) is 31.6. The molecule has 232 valence electrons. The van der Waals surface area contributed by atoms with E-state index in [0.29, 0.717) is 28.7 Å². The average Bonchev–Trinajstić information content (AvgIpc) is 3.44. The molecule has 13 heteroatoms. The van der Waals surface area contributed by atoms with Crippen LogP contribution in [-0.4, -0.2) is 46.0 Å². The fourth-order valence-electron chi connectivity index (χ4n) is 7.98. The topological polar surface area (TPSA) is 76.5 Å². The largest absolute Gasteiger partial charge is 0.465 e. The van der Waals surface area contributed by atoms with Gasteiger partial charge >= 0.3 is 12.1 Å². The minimum atomic E-state index is -4.92. The SMILES string of the molecule is COC(=O)c1ccc2c(nc3n2C[C@H]2[C@@H]3[C@H](c3cccc(Cl)c3F)[C@]3(C(=O)Nc4cc(Cl)ccc43)N2CC2CC2)c1C(F)(F)F. The molecule has 3 aromatic carbocycles. The van der Waals surface area contributed by atoms with Crippen molar-refractivity contribution >= 4 is 51.8 Å². The lowest BCUT2D eigenvalue weighted by Crippen LogP contribution is -2.53. The van der Waals surface area contributed by atoms with Crippen molar-refractivity contribution < 1.29 is 31.9 Å². The van der Waals surface area contributed by atoms with Gasteiger partial charge in [0.05, 0.1) is 28.8 Å². The summed E-state index contributed by atoms with van der Waals surface area (Å²) in [5, 5.41) is 3.25. The quantitative estimate of drug-likeness (QED) is 0.187. The van der Waals surface area contributed by atoms with Gasteiger partial charge in [0.25, 0.3) is 0 Å². The molecule has 8 rings (SSSR count). The van der Waals surface area contributed by atoms with Crippen molar-refractivity contribution in [2.24, 2.45) is 5.92 Å². The van der Waals surface area contributed by atoms with Crippen molar-refractivity contribution in [1.29, 1.82) is 0 Å². The number of ether oxygens (including phenoxy) is 1. The number of rotatable bonds is 4. The van der Waals surface area contributed by atoms with Crippen molar-refractivity contribution in [3.05, 3.63) is 92.5 Å². The van der Waals surface area contributed by atoms with Crippen molar-refractivity contribution in [3.63, 3.8) is 0 Å². The molecule has 4 aromatic rings. The average molecular weight is 659 g/mol. The van der Waals surface area contributed by atoms with Crippen LogP contribution in [0, 0.1) is 11.7 Å². The Balaban J connectivity index is 1.43. The second-order valence-electron chi connectivity index (χ2n) is 12.1. The number of esters is 1. The minimum Gasteiger partial charge on any atom is -0.465 e. The molecule has 1 aliphatic carbocycles. The van der Waals surface area contributed by atoms with Crippen LogP contribution >= 0.6 is 23.2 Å². The van der Waals surface area contributed by atoms with E-state index in [1.165, 1.54) is 12.1 Å². The van der Waals surface area contributed by atoms with E-state index in [0.717, 1.165) is 26.0 Å². The standard InChI is InChI=1S/C32H24Cl2F4N4O3/c1-45-29(43)17-8-10-21-27(25(17)32(36,37)38)40-28-23-22(13-41(21)28)42(12-14-5-6-14)31(24(23)16-3-2-4-19(34)26(16)35)18-9-7-15(33)11-20(18)39-30(31)44/h2-4,7-11,14,22-24H,5-6,12-13H2,1H3,(H,39,44)/t22-,23+,24-,31+/m0/s1. The van der Waals surface area contributed by atoms with Crippen molar-refractivity contribution in [1.82, 2.24) is 14.5 Å². The number of amides is 1. The van der Waals surface area contributed by atoms with Gasteiger partial charge in [-0.2, -0.15) is 13.2 Å². The van der Waals surface area contributed by atoms with Crippen LogP contribution in [0.2, 0.25) is 10.0 Å². The molecule has 45 heavy (non-hydrogen) atoms. The fourth-order valence-corrected chi connectivity index (χ4v) is 8.34. The van der Waals surface area contributed by atoms with E-state index in [2.05, 4.69) is 19.9 Å². The number of likely N-dealkylation sites (tertiary alicyclic amines) is 1. The normalized spacial score (nSPS) is 25.5. The number of anilines is 1. The van der Waals surface area contributed by atoms with Gasteiger partial charge in [0.2, 0.25) is 5.91 Å². The van der Waals surface area contributed by atoms with Gasteiger partial charge < -0.3 is 14.6 Å². The van der Waals surface area contributed by atoms with E-state index in [1.807, 2.05) is 0 Å². The molecular weight excluding hydrogens is 635 g/mol. The van der Waals surface area contributed by atoms with Crippen LogP contribution in [0.4, 0.5) is 23.2 Å². The first-order chi connectivity index (χ1) is 21.5. The van der Waals surface area contributed by atoms with Crippen LogP contribution < -0.4 is 5.32 Å². The Morgan fingerprint density at radius 2 is 1.93 bits per heavy atom. The van der Waals surface area contributed by atoms with Crippen LogP contribution in [0.25, 0.3) is 11.0 Å². The summed E-state index contributed by atoms with van der Waals surface area (Å²) >= 11 is 12.6. The molecule has 3 aliphatic heterocycles. The van der Waals surface area contributed by atoms with E-state index in [4.69, 9.17) is 23.2 Å². The second kappa shape index (κ2) is 9.67. The van der Waals surface area contributed by atoms with Gasteiger partial charge in [0.1, 0.15) is 22.7 Å². The predicted octanol–water partition coefficient (Wildman–Crippen LogP) is 7.11. The number of hydrogen-bond acceptors (Lipinski definition) is 5. The number of imidazole rings is 1. The number of fused-ring (bicyclic) bond motifs is 7. The number of nitrogens with one attached hydrogen (secondary N) is 1. The molecule has 1 saturated heterocycles. The smallest absolute Gasteiger partial charge is 0.419 e.